The molecule has 0 saturated carbocycles. The average Bonchev–Trinajstić information content (AvgIpc) is 3.15. The molecule has 0 spiro atoms. The van der Waals surface area contributed by atoms with E-state index < -0.39 is 0 Å². The number of rotatable bonds is 7. The normalized spacial score (nSPS) is 11.5. The van der Waals surface area contributed by atoms with Crippen molar-refractivity contribution in [2.24, 2.45) is 12.0 Å². The summed E-state index contributed by atoms with van der Waals surface area (Å²) in [5, 5.41) is 14.7. The zero-order valence-corrected chi connectivity index (χ0v) is 17.1. The lowest BCUT2D eigenvalue weighted by Crippen LogP contribution is -2.37. The number of aryl methyl sites for hydroxylation is 2. The molecule has 2 rings (SSSR count). The first kappa shape index (κ1) is 20.5. The van der Waals surface area contributed by atoms with E-state index in [2.05, 4.69) is 39.7 Å². The number of aromatic nitrogens is 3. The van der Waals surface area contributed by atoms with Crippen molar-refractivity contribution in [2.75, 3.05) is 13.6 Å². The first-order chi connectivity index (χ1) is 11.1. The molecule has 2 heterocycles. The molecule has 0 aliphatic rings. The largest absolute Gasteiger partial charge is 0.359 e. The Morgan fingerprint density at radius 3 is 2.75 bits per heavy atom. The molecular weight excluding hydrogens is 419 g/mol. The summed E-state index contributed by atoms with van der Waals surface area (Å²) in [6.45, 7) is 5.61. The molecule has 2 N–H and O–H groups in total. The lowest BCUT2D eigenvalue weighted by atomic mass is 10.1. The highest BCUT2D eigenvalue weighted by atomic mass is 127. The van der Waals surface area contributed by atoms with Gasteiger partial charge in [-0.1, -0.05) is 19.0 Å². The molecule has 24 heavy (non-hydrogen) atoms. The highest BCUT2D eigenvalue weighted by Gasteiger charge is 2.08. The number of nitrogens with one attached hydrogen (secondary N) is 2. The second-order valence-corrected chi connectivity index (χ2v) is 5.85. The fourth-order valence-electron chi connectivity index (χ4n) is 2.18. The minimum atomic E-state index is 0. The Bertz CT molecular complexity index is 634. The van der Waals surface area contributed by atoms with Gasteiger partial charge in [-0.05, 0) is 24.3 Å². The third kappa shape index (κ3) is 6.50. The summed E-state index contributed by atoms with van der Waals surface area (Å²) >= 11 is 0. The van der Waals surface area contributed by atoms with E-state index in [0.29, 0.717) is 12.5 Å². The molecule has 0 atom stereocenters. The van der Waals surface area contributed by atoms with Crippen LogP contribution in [0.3, 0.4) is 0 Å². The van der Waals surface area contributed by atoms with Gasteiger partial charge >= 0.3 is 0 Å². The van der Waals surface area contributed by atoms with E-state index in [-0.39, 0.29) is 24.0 Å². The van der Waals surface area contributed by atoms with Crippen molar-refractivity contribution in [3.63, 3.8) is 0 Å². The number of hydrogen-bond acceptors (Lipinski definition) is 4. The van der Waals surface area contributed by atoms with Gasteiger partial charge in [0.25, 0.3) is 0 Å². The smallest absolute Gasteiger partial charge is 0.191 e. The molecule has 8 heteroatoms. The second-order valence-electron chi connectivity index (χ2n) is 5.85. The molecule has 7 nitrogen and oxygen atoms in total. The minimum Gasteiger partial charge on any atom is -0.359 e. The minimum absolute atomic E-state index is 0. The van der Waals surface area contributed by atoms with Crippen LogP contribution < -0.4 is 10.6 Å². The van der Waals surface area contributed by atoms with Crippen molar-refractivity contribution in [3.05, 3.63) is 35.5 Å². The predicted octanol–water partition coefficient (Wildman–Crippen LogP) is 2.45. The Hall–Kier alpha value is -1.58. The fourth-order valence-corrected chi connectivity index (χ4v) is 2.18. The molecule has 0 amide bonds. The summed E-state index contributed by atoms with van der Waals surface area (Å²) in [5.74, 6) is 1.95. The predicted molar refractivity (Wildman–Crippen MR) is 106 cm³/mol. The van der Waals surface area contributed by atoms with Crippen molar-refractivity contribution < 1.29 is 4.52 Å². The Balaban J connectivity index is 0.00000288. The second kappa shape index (κ2) is 10.3. The van der Waals surface area contributed by atoms with Gasteiger partial charge in [0.2, 0.25) is 0 Å². The van der Waals surface area contributed by atoms with Gasteiger partial charge in [-0.25, -0.2) is 0 Å². The third-order valence-electron chi connectivity index (χ3n) is 3.52. The van der Waals surface area contributed by atoms with Crippen molar-refractivity contribution >= 4 is 29.9 Å². The number of guanidine groups is 1. The van der Waals surface area contributed by atoms with Crippen LogP contribution >= 0.6 is 24.0 Å². The Morgan fingerprint density at radius 2 is 2.17 bits per heavy atom. The highest BCUT2D eigenvalue weighted by Crippen LogP contribution is 2.13. The summed E-state index contributed by atoms with van der Waals surface area (Å²) < 4.78 is 7.13. The van der Waals surface area contributed by atoms with Crippen molar-refractivity contribution in [3.8, 4) is 0 Å². The number of nitrogens with zero attached hydrogens (tertiary/aromatic N) is 4. The van der Waals surface area contributed by atoms with Crippen LogP contribution in [0.1, 0.15) is 43.2 Å². The quantitative estimate of drug-likeness (QED) is 0.296. The molecule has 0 fully saturated rings. The number of halogens is 1. The van der Waals surface area contributed by atoms with Crippen molar-refractivity contribution in [1.29, 1.82) is 0 Å². The third-order valence-corrected chi connectivity index (χ3v) is 3.52. The van der Waals surface area contributed by atoms with E-state index in [4.69, 9.17) is 4.52 Å². The Kier molecular flexibility index (Phi) is 8.80. The lowest BCUT2D eigenvalue weighted by Gasteiger charge is -2.10. The van der Waals surface area contributed by atoms with Crippen molar-refractivity contribution in [2.45, 2.75) is 39.2 Å². The molecule has 0 aromatic carbocycles. The SMILES string of the molecule is CN=C(NCCCc1cnn(C)c1)NCc1cc(C(C)C)no1.I. The van der Waals surface area contributed by atoms with E-state index in [1.807, 2.05) is 30.2 Å². The van der Waals surface area contributed by atoms with Crippen LogP contribution in [0.5, 0.6) is 0 Å². The Labute approximate surface area is 160 Å². The summed E-state index contributed by atoms with van der Waals surface area (Å²) in [5.41, 5.74) is 2.22. The van der Waals surface area contributed by atoms with Crippen LogP contribution in [-0.4, -0.2) is 34.5 Å². The van der Waals surface area contributed by atoms with E-state index in [1.54, 1.807) is 7.05 Å². The van der Waals surface area contributed by atoms with Gasteiger partial charge in [0, 0.05) is 32.9 Å². The van der Waals surface area contributed by atoms with E-state index in [9.17, 15) is 0 Å². The first-order valence-corrected chi connectivity index (χ1v) is 7.96. The highest BCUT2D eigenvalue weighted by molar-refractivity contribution is 14.0. The van der Waals surface area contributed by atoms with Gasteiger partial charge in [-0.3, -0.25) is 9.67 Å². The molecule has 0 saturated heterocycles. The van der Waals surface area contributed by atoms with Crippen LogP contribution in [0.25, 0.3) is 0 Å². The fraction of sp³-hybridized carbons (Fsp3) is 0.562. The van der Waals surface area contributed by atoms with Crippen LogP contribution in [0.2, 0.25) is 0 Å². The molecule has 134 valence electrons. The average molecular weight is 446 g/mol. The topological polar surface area (TPSA) is 80.3 Å². The monoisotopic (exact) mass is 446 g/mol. The van der Waals surface area contributed by atoms with E-state index in [1.165, 1.54) is 5.56 Å². The van der Waals surface area contributed by atoms with Gasteiger partial charge < -0.3 is 15.2 Å². The van der Waals surface area contributed by atoms with Gasteiger partial charge in [0.1, 0.15) is 0 Å². The van der Waals surface area contributed by atoms with Gasteiger partial charge in [0.15, 0.2) is 11.7 Å². The molecule has 2 aromatic rings. The standard InChI is InChI=1S/C16H26N6O.HI/c1-12(2)15-8-14(23-21-15)10-19-16(17-3)18-7-5-6-13-9-20-22(4)11-13;/h8-9,11-12H,5-7,10H2,1-4H3,(H2,17,18,19);1H. The molecular formula is C16H27IN6O. The molecule has 2 aromatic heterocycles. The summed E-state index contributed by atoms with van der Waals surface area (Å²) in [6, 6.07) is 1.98. The van der Waals surface area contributed by atoms with Crippen molar-refractivity contribution in [1.82, 2.24) is 25.6 Å². The maximum Gasteiger partial charge on any atom is 0.191 e. The molecule has 0 aliphatic carbocycles. The van der Waals surface area contributed by atoms with Crippen LogP contribution in [0.4, 0.5) is 0 Å². The van der Waals surface area contributed by atoms with Gasteiger partial charge in [0.05, 0.1) is 18.4 Å². The molecule has 0 unspecified atom stereocenters. The molecule has 0 radical (unpaired) electrons. The molecule has 0 bridgehead atoms. The lowest BCUT2D eigenvalue weighted by molar-refractivity contribution is 0.372. The maximum absolute atomic E-state index is 5.30. The Morgan fingerprint density at radius 1 is 1.38 bits per heavy atom. The van der Waals surface area contributed by atoms with Gasteiger partial charge in [-0.2, -0.15) is 5.10 Å². The maximum atomic E-state index is 5.30. The van der Waals surface area contributed by atoms with E-state index in [0.717, 1.165) is 36.8 Å². The number of aliphatic imine (C=N–C) groups is 1. The van der Waals surface area contributed by atoms with Crippen LogP contribution in [0.15, 0.2) is 28.0 Å². The molecule has 0 aliphatic heterocycles. The van der Waals surface area contributed by atoms with E-state index >= 15 is 0 Å². The van der Waals surface area contributed by atoms with Crippen LogP contribution in [-0.2, 0) is 20.0 Å². The summed E-state index contributed by atoms with van der Waals surface area (Å²) in [7, 11) is 3.69. The first-order valence-electron chi connectivity index (χ1n) is 7.96. The van der Waals surface area contributed by atoms with Crippen LogP contribution in [0, 0.1) is 0 Å². The summed E-state index contributed by atoms with van der Waals surface area (Å²) in [4.78, 5) is 4.21. The van der Waals surface area contributed by atoms with Gasteiger partial charge in [-0.15, -0.1) is 24.0 Å². The summed E-state index contributed by atoms with van der Waals surface area (Å²) in [6.07, 6.45) is 5.97. The number of hydrogen-bond donors (Lipinski definition) is 2. The zero-order chi connectivity index (χ0) is 16.7. The zero-order valence-electron chi connectivity index (χ0n) is 14.7.